The molecule has 4 nitrogen and oxygen atoms in total. The number of halogens is 1. The maximum absolute atomic E-state index is 13.3. The van der Waals surface area contributed by atoms with Gasteiger partial charge in [-0.15, -0.1) is 0 Å². The number of fused-ring (bicyclic) bond motifs is 3. The van der Waals surface area contributed by atoms with Gasteiger partial charge >= 0.3 is 6.09 Å². The standard InChI is InChI=1S/C25H31FN2O2/c1-3-25(4-2,28(24(29)30)23-17-27-15-13-20(23)14-16-27)21-9-5-18(6-10-21)19-7-11-22(26)12-8-19/h5-12,20,23H,3-4,13-17H2,1-2H3,(H,29,30). The van der Waals surface area contributed by atoms with Crippen molar-refractivity contribution < 1.29 is 14.3 Å². The molecule has 3 fully saturated rings. The van der Waals surface area contributed by atoms with Crippen molar-refractivity contribution >= 4 is 6.09 Å². The minimum Gasteiger partial charge on any atom is -0.465 e. The molecule has 1 unspecified atom stereocenters. The minimum atomic E-state index is -0.819. The van der Waals surface area contributed by atoms with Crippen LogP contribution in [0.2, 0.25) is 0 Å². The quantitative estimate of drug-likeness (QED) is 0.676. The summed E-state index contributed by atoms with van der Waals surface area (Å²) in [6.45, 7) is 7.20. The molecule has 30 heavy (non-hydrogen) atoms. The minimum absolute atomic E-state index is 0.0432. The van der Waals surface area contributed by atoms with Crippen LogP contribution in [0.3, 0.4) is 0 Å². The summed E-state index contributed by atoms with van der Waals surface area (Å²) < 4.78 is 13.3. The number of benzene rings is 2. The van der Waals surface area contributed by atoms with Crippen LogP contribution in [0.4, 0.5) is 9.18 Å². The number of amides is 1. The number of hydrogen-bond acceptors (Lipinski definition) is 2. The molecule has 2 aromatic rings. The summed E-state index contributed by atoms with van der Waals surface area (Å²) in [6.07, 6.45) is 2.81. The third-order valence-corrected chi connectivity index (χ3v) is 7.39. The van der Waals surface area contributed by atoms with Crippen LogP contribution in [0.5, 0.6) is 0 Å². The lowest BCUT2D eigenvalue weighted by atomic mass is 9.76. The Bertz CT molecular complexity index is 869. The maximum atomic E-state index is 13.3. The Hall–Kier alpha value is -2.40. The Balaban J connectivity index is 1.70. The van der Waals surface area contributed by atoms with Gasteiger partial charge < -0.3 is 10.0 Å². The van der Waals surface area contributed by atoms with Gasteiger partial charge in [0.1, 0.15) is 5.82 Å². The highest BCUT2D eigenvalue weighted by Gasteiger charge is 2.48. The lowest BCUT2D eigenvalue weighted by molar-refractivity contribution is -0.0426. The molecule has 3 aliphatic heterocycles. The van der Waals surface area contributed by atoms with E-state index in [0.717, 1.165) is 62.0 Å². The second-order valence-electron chi connectivity index (χ2n) is 8.68. The monoisotopic (exact) mass is 410 g/mol. The van der Waals surface area contributed by atoms with Crippen LogP contribution in [-0.2, 0) is 5.54 Å². The summed E-state index contributed by atoms with van der Waals surface area (Å²) in [6, 6.07) is 14.7. The highest BCUT2D eigenvalue weighted by molar-refractivity contribution is 5.68. The van der Waals surface area contributed by atoms with Gasteiger partial charge in [0.25, 0.3) is 0 Å². The third-order valence-electron chi connectivity index (χ3n) is 7.39. The van der Waals surface area contributed by atoms with Gasteiger partial charge in [0.2, 0.25) is 0 Å². The van der Waals surface area contributed by atoms with Crippen LogP contribution in [-0.4, -0.2) is 46.7 Å². The molecule has 0 aromatic heterocycles. The number of carboxylic acid groups (broad SMARTS) is 1. The van der Waals surface area contributed by atoms with Gasteiger partial charge in [0, 0.05) is 6.54 Å². The molecular formula is C25H31FN2O2. The van der Waals surface area contributed by atoms with Crippen LogP contribution in [0.25, 0.3) is 11.1 Å². The molecular weight excluding hydrogens is 379 g/mol. The third kappa shape index (κ3) is 3.60. The summed E-state index contributed by atoms with van der Waals surface area (Å²) in [5, 5.41) is 10.3. The second kappa shape index (κ2) is 8.38. The van der Waals surface area contributed by atoms with Crippen molar-refractivity contribution in [2.75, 3.05) is 19.6 Å². The number of piperidine rings is 3. The van der Waals surface area contributed by atoms with E-state index in [0.29, 0.717) is 5.92 Å². The Morgan fingerprint density at radius 1 is 1.03 bits per heavy atom. The van der Waals surface area contributed by atoms with Gasteiger partial charge in [-0.3, -0.25) is 4.90 Å². The Kier molecular flexibility index (Phi) is 5.83. The lowest BCUT2D eigenvalue weighted by Gasteiger charge is -2.54. The molecule has 1 atom stereocenters. The average molecular weight is 411 g/mol. The Morgan fingerprint density at radius 3 is 2.00 bits per heavy atom. The van der Waals surface area contributed by atoms with Gasteiger partial charge in [-0.1, -0.05) is 50.2 Å². The molecule has 0 radical (unpaired) electrons. The molecule has 1 N–H and O–H groups in total. The van der Waals surface area contributed by atoms with Crippen molar-refractivity contribution in [3.05, 3.63) is 59.9 Å². The summed E-state index contributed by atoms with van der Waals surface area (Å²) in [4.78, 5) is 16.8. The first-order valence-corrected chi connectivity index (χ1v) is 11.1. The van der Waals surface area contributed by atoms with E-state index in [4.69, 9.17) is 0 Å². The molecule has 3 aliphatic rings. The summed E-state index contributed by atoms with van der Waals surface area (Å²) in [7, 11) is 0. The van der Waals surface area contributed by atoms with Crippen LogP contribution < -0.4 is 0 Å². The van der Waals surface area contributed by atoms with E-state index in [1.807, 2.05) is 12.1 Å². The topological polar surface area (TPSA) is 43.8 Å². The number of carbonyl (C=O) groups is 1. The van der Waals surface area contributed by atoms with Gasteiger partial charge in [-0.05, 0) is 73.5 Å². The smallest absolute Gasteiger partial charge is 0.408 e. The predicted octanol–water partition coefficient (Wildman–Crippen LogP) is 5.58. The predicted molar refractivity (Wildman–Crippen MR) is 117 cm³/mol. The van der Waals surface area contributed by atoms with E-state index in [9.17, 15) is 14.3 Å². The number of rotatable bonds is 6. The normalized spacial score (nSPS) is 23.4. The molecule has 5 rings (SSSR count). The van der Waals surface area contributed by atoms with E-state index in [1.54, 1.807) is 17.0 Å². The maximum Gasteiger partial charge on any atom is 0.408 e. The van der Waals surface area contributed by atoms with Crippen molar-refractivity contribution in [3.63, 3.8) is 0 Å². The van der Waals surface area contributed by atoms with Crippen molar-refractivity contribution in [1.82, 2.24) is 9.80 Å². The van der Waals surface area contributed by atoms with E-state index < -0.39 is 11.6 Å². The Labute approximate surface area is 178 Å². The van der Waals surface area contributed by atoms with E-state index in [-0.39, 0.29) is 11.9 Å². The van der Waals surface area contributed by atoms with Crippen molar-refractivity contribution in [2.24, 2.45) is 5.92 Å². The first-order chi connectivity index (χ1) is 14.5. The molecule has 2 bridgehead atoms. The zero-order valence-corrected chi connectivity index (χ0v) is 17.9. The van der Waals surface area contributed by atoms with Gasteiger partial charge in [-0.2, -0.15) is 0 Å². The molecule has 0 aliphatic carbocycles. The summed E-state index contributed by atoms with van der Waals surface area (Å²) >= 11 is 0. The van der Waals surface area contributed by atoms with Crippen molar-refractivity contribution in [3.8, 4) is 11.1 Å². The highest BCUT2D eigenvalue weighted by Crippen LogP contribution is 2.42. The zero-order chi connectivity index (χ0) is 21.3. The van der Waals surface area contributed by atoms with Crippen LogP contribution in [0.15, 0.2) is 48.5 Å². The van der Waals surface area contributed by atoms with Crippen LogP contribution in [0.1, 0.15) is 45.1 Å². The SMILES string of the molecule is CCC(CC)(c1ccc(-c2ccc(F)cc2)cc1)N(C(=O)O)C1CN2CCC1CC2. The van der Waals surface area contributed by atoms with Crippen molar-refractivity contribution in [2.45, 2.75) is 51.1 Å². The molecule has 1 amide bonds. The first-order valence-electron chi connectivity index (χ1n) is 11.1. The van der Waals surface area contributed by atoms with Crippen LogP contribution in [0, 0.1) is 11.7 Å². The summed E-state index contributed by atoms with van der Waals surface area (Å²) in [5.41, 5.74) is 2.45. The fraction of sp³-hybridized carbons (Fsp3) is 0.480. The highest BCUT2D eigenvalue weighted by atomic mass is 19.1. The Morgan fingerprint density at radius 2 is 1.57 bits per heavy atom. The van der Waals surface area contributed by atoms with Gasteiger partial charge in [0.15, 0.2) is 0 Å². The molecule has 3 heterocycles. The number of nitrogens with zero attached hydrogens (tertiary/aromatic N) is 2. The fourth-order valence-corrected chi connectivity index (χ4v) is 5.62. The zero-order valence-electron chi connectivity index (χ0n) is 17.9. The first kappa shape index (κ1) is 20.9. The molecule has 0 spiro atoms. The molecule has 3 saturated heterocycles. The van der Waals surface area contributed by atoms with Gasteiger partial charge in [-0.25, -0.2) is 9.18 Å². The average Bonchev–Trinajstić information content (AvgIpc) is 2.78. The molecule has 2 aromatic carbocycles. The lowest BCUT2D eigenvalue weighted by Crippen LogP contribution is -2.63. The molecule has 5 heteroatoms. The largest absolute Gasteiger partial charge is 0.465 e. The fourth-order valence-electron chi connectivity index (χ4n) is 5.62. The second-order valence-corrected chi connectivity index (χ2v) is 8.68. The van der Waals surface area contributed by atoms with E-state index in [2.05, 4.69) is 30.9 Å². The summed E-state index contributed by atoms with van der Waals surface area (Å²) in [5.74, 6) is 0.197. The van der Waals surface area contributed by atoms with Crippen LogP contribution >= 0.6 is 0 Å². The number of hydrogen-bond donors (Lipinski definition) is 1. The molecule has 160 valence electrons. The van der Waals surface area contributed by atoms with Gasteiger partial charge in [0.05, 0.1) is 11.6 Å². The van der Waals surface area contributed by atoms with Crippen molar-refractivity contribution in [1.29, 1.82) is 0 Å². The molecule has 0 saturated carbocycles. The van der Waals surface area contributed by atoms with E-state index in [1.165, 1.54) is 12.1 Å². The van der Waals surface area contributed by atoms with E-state index >= 15 is 0 Å².